The molecule has 0 aliphatic carbocycles. The van der Waals surface area contributed by atoms with Crippen molar-refractivity contribution in [1.82, 2.24) is 4.90 Å². The van der Waals surface area contributed by atoms with Crippen molar-refractivity contribution in [2.24, 2.45) is 0 Å². The average molecular weight is 344 g/mol. The highest BCUT2D eigenvalue weighted by Crippen LogP contribution is 2.33. The van der Waals surface area contributed by atoms with Crippen LogP contribution in [0.5, 0.6) is 5.75 Å². The summed E-state index contributed by atoms with van der Waals surface area (Å²) in [6, 6.07) is 11.1. The van der Waals surface area contributed by atoms with E-state index < -0.39 is 5.54 Å². The highest BCUT2D eigenvalue weighted by atomic mass is 32.1. The monoisotopic (exact) mass is 344 g/mol. The molecule has 1 aromatic carbocycles. The van der Waals surface area contributed by atoms with E-state index in [1.54, 1.807) is 35.5 Å². The quantitative estimate of drug-likeness (QED) is 0.907. The van der Waals surface area contributed by atoms with Crippen LogP contribution in [-0.4, -0.2) is 35.9 Å². The zero-order valence-electron chi connectivity index (χ0n) is 13.7. The van der Waals surface area contributed by atoms with Crippen molar-refractivity contribution in [3.63, 3.8) is 0 Å². The Labute approximate surface area is 145 Å². The lowest BCUT2D eigenvalue weighted by Crippen LogP contribution is -2.66. The lowest BCUT2D eigenvalue weighted by Gasteiger charge is -2.49. The number of carbonyl (C=O) groups is 2. The number of rotatable bonds is 5. The molecule has 126 valence electrons. The number of thiophene rings is 1. The van der Waals surface area contributed by atoms with Gasteiger partial charge in [-0.15, -0.1) is 11.3 Å². The molecule has 2 heterocycles. The van der Waals surface area contributed by atoms with Gasteiger partial charge in [0.2, 0.25) is 11.8 Å². The van der Waals surface area contributed by atoms with E-state index >= 15 is 0 Å². The molecule has 2 amide bonds. The van der Waals surface area contributed by atoms with Crippen LogP contribution in [-0.2, 0) is 16.0 Å². The number of carbonyl (C=O) groups excluding carboxylic acids is 2. The summed E-state index contributed by atoms with van der Waals surface area (Å²) in [7, 11) is 1.58. The first-order chi connectivity index (χ1) is 11.5. The molecule has 0 spiro atoms. The van der Waals surface area contributed by atoms with Gasteiger partial charge in [0.05, 0.1) is 13.5 Å². The molecule has 1 unspecified atom stereocenters. The lowest BCUT2D eigenvalue weighted by atomic mass is 9.85. The van der Waals surface area contributed by atoms with Crippen molar-refractivity contribution in [2.75, 3.05) is 19.0 Å². The standard InChI is InChI=1S/C18H20N2O3S/c1-18(17(22)19-13-5-3-6-14(11-13)23-2)8-9-20(18)16(21)12-15-7-4-10-24-15/h3-7,10-11H,8-9,12H2,1-2H3,(H,19,22). The lowest BCUT2D eigenvalue weighted by molar-refractivity contribution is -0.154. The second-order valence-corrected chi connectivity index (χ2v) is 7.04. The SMILES string of the molecule is COc1cccc(NC(=O)C2(C)CCN2C(=O)Cc2cccs2)c1. The van der Waals surface area contributed by atoms with Crippen LogP contribution in [0.25, 0.3) is 0 Å². The summed E-state index contributed by atoms with van der Waals surface area (Å²) in [5.74, 6) is 0.505. The fourth-order valence-corrected chi connectivity index (χ4v) is 3.52. The third-order valence-corrected chi connectivity index (χ3v) is 5.32. The van der Waals surface area contributed by atoms with Gasteiger partial charge in [0.15, 0.2) is 0 Å². The smallest absolute Gasteiger partial charge is 0.250 e. The van der Waals surface area contributed by atoms with Crippen molar-refractivity contribution in [2.45, 2.75) is 25.3 Å². The molecule has 1 aliphatic rings. The van der Waals surface area contributed by atoms with Crippen LogP contribution < -0.4 is 10.1 Å². The van der Waals surface area contributed by atoms with Gasteiger partial charge in [-0.3, -0.25) is 9.59 Å². The highest BCUT2D eigenvalue weighted by molar-refractivity contribution is 7.10. The zero-order chi connectivity index (χ0) is 17.2. The Morgan fingerprint density at radius 3 is 2.79 bits per heavy atom. The molecule has 1 saturated heterocycles. The number of benzene rings is 1. The Morgan fingerprint density at radius 1 is 1.33 bits per heavy atom. The number of anilines is 1. The van der Waals surface area contributed by atoms with Gasteiger partial charge in [-0.1, -0.05) is 12.1 Å². The fourth-order valence-electron chi connectivity index (χ4n) is 2.82. The van der Waals surface area contributed by atoms with Crippen molar-refractivity contribution in [3.8, 4) is 5.75 Å². The second-order valence-electron chi connectivity index (χ2n) is 6.01. The van der Waals surface area contributed by atoms with Crippen molar-refractivity contribution < 1.29 is 14.3 Å². The maximum Gasteiger partial charge on any atom is 0.250 e. The van der Waals surface area contributed by atoms with Crippen molar-refractivity contribution in [3.05, 3.63) is 46.7 Å². The molecule has 1 atom stereocenters. The normalized spacial score (nSPS) is 19.5. The molecule has 1 aromatic heterocycles. The Morgan fingerprint density at radius 2 is 2.17 bits per heavy atom. The molecule has 1 N–H and O–H groups in total. The van der Waals surface area contributed by atoms with Gasteiger partial charge in [-0.25, -0.2) is 0 Å². The van der Waals surface area contributed by atoms with Crippen LogP contribution in [0.4, 0.5) is 5.69 Å². The first-order valence-electron chi connectivity index (χ1n) is 7.81. The molecule has 1 fully saturated rings. The van der Waals surface area contributed by atoms with Crippen molar-refractivity contribution in [1.29, 1.82) is 0 Å². The van der Waals surface area contributed by atoms with E-state index in [1.807, 2.05) is 36.6 Å². The average Bonchev–Trinajstić information content (AvgIpc) is 3.05. The van der Waals surface area contributed by atoms with Gasteiger partial charge in [0.25, 0.3) is 0 Å². The van der Waals surface area contributed by atoms with Crippen molar-refractivity contribution >= 4 is 28.8 Å². The van der Waals surface area contributed by atoms with Crippen LogP contribution in [0.1, 0.15) is 18.2 Å². The van der Waals surface area contributed by atoms with E-state index in [0.717, 1.165) is 4.88 Å². The minimum atomic E-state index is -0.794. The zero-order valence-corrected chi connectivity index (χ0v) is 14.6. The first-order valence-corrected chi connectivity index (χ1v) is 8.69. The molecular formula is C18H20N2O3S. The summed E-state index contributed by atoms with van der Waals surface area (Å²) in [5, 5.41) is 4.84. The molecular weight excluding hydrogens is 324 g/mol. The molecule has 2 aromatic rings. The summed E-state index contributed by atoms with van der Waals surface area (Å²) < 4.78 is 5.17. The third kappa shape index (κ3) is 3.14. The topological polar surface area (TPSA) is 58.6 Å². The molecule has 0 bridgehead atoms. The number of likely N-dealkylation sites (tertiary alicyclic amines) is 1. The summed E-state index contributed by atoms with van der Waals surface area (Å²) in [6.07, 6.45) is 1.01. The number of nitrogens with one attached hydrogen (secondary N) is 1. The van der Waals surface area contributed by atoms with E-state index in [1.165, 1.54) is 0 Å². The van der Waals surface area contributed by atoms with E-state index in [9.17, 15) is 9.59 Å². The minimum Gasteiger partial charge on any atom is -0.497 e. The Balaban J connectivity index is 1.67. The molecule has 5 nitrogen and oxygen atoms in total. The fraction of sp³-hybridized carbons (Fsp3) is 0.333. The van der Waals surface area contributed by atoms with Crippen LogP contribution in [0.3, 0.4) is 0 Å². The molecule has 1 aliphatic heterocycles. The third-order valence-electron chi connectivity index (χ3n) is 4.44. The highest BCUT2D eigenvalue weighted by Gasteiger charge is 2.49. The van der Waals surface area contributed by atoms with E-state index in [0.29, 0.717) is 30.8 Å². The Bertz CT molecular complexity index is 744. The summed E-state index contributed by atoms with van der Waals surface area (Å²) >= 11 is 1.56. The second kappa shape index (κ2) is 6.65. The first kappa shape index (κ1) is 16.5. The van der Waals surface area contributed by atoms with Gasteiger partial charge >= 0.3 is 0 Å². The van der Waals surface area contributed by atoms with Gasteiger partial charge in [0, 0.05) is 23.2 Å². The van der Waals surface area contributed by atoms with E-state index in [2.05, 4.69) is 5.32 Å². The molecule has 6 heteroatoms. The molecule has 24 heavy (non-hydrogen) atoms. The van der Waals surface area contributed by atoms with Gasteiger partial charge in [-0.2, -0.15) is 0 Å². The number of hydrogen-bond donors (Lipinski definition) is 1. The Hall–Kier alpha value is -2.34. The molecule has 0 radical (unpaired) electrons. The van der Waals surface area contributed by atoms with Gasteiger partial charge in [0.1, 0.15) is 11.3 Å². The minimum absolute atomic E-state index is 0.00741. The maximum atomic E-state index is 12.7. The van der Waals surface area contributed by atoms with Crippen LogP contribution in [0.15, 0.2) is 41.8 Å². The summed E-state index contributed by atoms with van der Waals surface area (Å²) in [6.45, 7) is 2.44. The summed E-state index contributed by atoms with van der Waals surface area (Å²) in [5.41, 5.74) is -0.129. The Kier molecular flexibility index (Phi) is 4.57. The van der Waals surface area contributed by atoms with Gasteiger partial charge in [-0.05, 0) is 36.9 Å². The maximum absolute atomic E-state index is 12.7. The van der Waals surface area contributed by atoms with Crippen LogP contribution in [0, 0.1) is 0 Å². The number of ether oxygens (including phenoxy) is 1. The predicted octanol–water partition coefficient (Wildman–Crippen LogP) is 2.93. The number of nitrogens with zero attached hydrogens (tertiary/aromatic N) is 1. The molecule has 3 rings (SSSR count). The summed E-state index contributed by atoms with van der Waals surface area (Å²) in [4.78, 5) is 27.9. The van der Waals surface area contributed by atoms with Gasteiger partial charge < -0.3 is 15.0 Å². The number of amides is 2. The number of hydrogen-bond acceptors (Lipinski definition) is 4. The largest absolute Gasteiger partial charge is 0.497 e. The van der Waals surface area contributed by atoms with E-state index in [4.69, 9.17) is 4.74 Å². The van der Waals surface area contributed by atoms with Crippen LogP contribution in [0.2, 0.25) is 0 Å². The van der Waals surface area contributed by atoms with Crippen LogP contribution >= 0.6 is 11.3 Å². The number of methoxy groups -OCH3 is 1. The van der Waals surface area contributed by atoms with E-state index in [-0.39, 0.29) is 11.8 Å². The predicted molar refractivity (Wildman–Crippen MR) is 94.4 cm³/mol. The molecule has 0 saturated carbocycles.